The minimum Gasteiger partial charge on any atom is -0.342 e. The van der Waals surface area contributed by atoms with Crippen molar-refractivity contribution < 1.29 is 4.79 Å². The second-order valence-corrected chi connectivity index (χ2v) is 6.37. The van der Waals surface area contributed by atoms with Crippen molar-refractivity contribution >= 4 is 5.91 Å². The fraction of sp³-hybridized carbons (Fsp3) is 0.588. The van der Waals surface area contributed by atoms with Gasteiger partial charge < -0.3 is 15.1 Å². The van der Waals surface area contributed by atoms with E-state index in [2.05, 4.69) is 29.4 Å². The summed E-state index contributed by atoms with van der Waals surface area (Å²) in [7, 11) is 4.13. The number of hydrogen-bond acceptors (Lipinski definition) is 3. The van der Waals surface area contributed by atoms with Gasteiger partial charge in [0.05, 0.1) is 5.92 Å². The number of rotatable bonds is 2. The average molecular weight is 287 g/mol. The highest BCUT2D eigenvalue weighted by atomic mass is 16.2. The van der Waals surface area contributed by atoms with E-state index >= 15 is 0 Å². The maximum atomic E-state index is 12.9. The van der Waals surface area contributed by atoms with Gasteiger partial charge in [-0.25, -0.2) is 0 Å². The molecule has 3 rings (SSSR count). The number of carbonyl (C=O) groups is 1. The molecule has 1 fully saturated rings. The molecule has 2 aliphatic rings. The quantitative estimate of drug-likeness (QED) is 0.894. The van der Waals surface area contributed by atoms with Crippen LogP contribution in [-0.4, -0.2) is 55.5 Å². The number of likely N-dealkylation sites (N-methyl/N-ethyl adjacent to an activating group) is 1. The smallest absolute Gasteiger partial charge is 0.231 e. The maximum absolute atomic E-state index is 12.9. The number of piperidine rings is 1. The predicted molar refractivity (Wildman–Crippen MR) is 84.2 cm³/mol. The molecule has 1 atom stereocenters. The molecule has 114 valence electrons. The molecule has 4 heteroatoms. The molecule has 1 aromatic rings. The first kappa shape index (κ1) is 14.5. The summed E-state index contributed by atoms with van der Waals surface area (Å²) in [6.45, 7) is 3.80. The Morgan fingerprint density at radius 1 is 1.29 bits per heavy atom. The summed E-state index contributed by atoms with van der Waals surface area (Å²) in [5, 5.41) is 3.38. The van der Waals surface area contributed by atoms with E-state index in [1.54, 1.807) is 0 Å². The maximum Gasteiger partial charge on any atom is 0.231 e. The monoisotopic (exact) mass is 287 g/mol. The Labute approximate surface area is 127 Å². The number of benzene rings is 1. The number of nitrogens with zero attached hydrogens (tertiary/aromatic N) is 2. The summed E-state index contributed by atoms with van der Waals surface area (Å²) in [6.07, 6.45) is 2.17. The van der Waals surface area contributed by atoms with E-state index in [9.17, 15) is 4.79 Å². The first-order valence-electron chi connectivity index (χ1n) is 7.90. The fourth-order valence-corrected chi connectivity index (χ4v) is 3.52. The lowest BCUT2D eigenvalue weighted by Crippen LogP contribution is -2.48. The molecule has 4 nitrogen and oxygen atoms in total. The molecule has 0 bridgehead atoms. The normalized spacial score (nSPS) is 23.6. The Kier molecular flexibility index (Phi) is 4.27. The number of carbonyl (C=O) groups excluding carboxylic acids is 1. The van der Waals surface area contributed by atoms with Crippen molar-refractivity contribution in [3.05, 3.63) is 35.4 Å². The van der Waals surface area contributed by atoms with Crippen LogP contribution in [0.15, 0.2) is 24.3 Å². The Morgan fingerprint density at radius 2 is 2.00 bits per heavy atom. The van der Waals surface area contributed by atoms with Crippen molar-refractivity contribution in [2.45, 2.75) is 31.3 Å². The lowest BCUT2D eigenvalue weighted by atomic mass is 9.89. The summed E-state index contributed by atoms with van der Waals surface area (Å²) in [5.41, 5.74) is 2.47. The van der Waals surface area contributed by atoms with Gasteiger partial charge in [-0.05, 0) is 44.1 Å². The summed E-state index contributed by atoms with van der Waals surface area (Å²) in [4.78, 5) is 17.3. The molecular weight excluding hydrogens is 262 g/mol. The van der Waals surface area contributed by atoms with Crippen LogP contribution in [0.3, 0.4) is 0 Å². The molecule has 0 aliphatic carbocycles. The standard InChI is InChI=1S/C17H25N3O/c1-19-9-7-14(8-10-19)20(2)17(21)16-12-18-11-13-5-3-4-6-15(13)16/h3-6,14,16,18H,7-12H2,1-2H3. The zero-order valence-corrected chi connectivity index (χ0v) is 13.0. The zero-order valence-electron chi connectivity index (χ0n) is 13.0. The average Bonchev–Trinajstić information content (AvgIpc) is 2.53. The predicted octanol–water partition coefficient (Wildman–Crippen LogP) is 1.43. The molecule has 21 heavy (non-hydrogen) atoms. The van der Waals surface area contributed by atoms with Crippen LogP contribution < -0.4 is 5.32 Å². The van der Waals surface area contributed by atoms with Gasteiger partial charge in [0.2, 0.25) is 5.91 Å². The van der Waals surface area contributed by atoms with Crippen LogP contribution in [0.2, 0.25) is 0 Å². The number of likely N-dealkylation sites (tertiary alicyclic amines) is 1. The second-order valence-electron chi connectivity index (χ2n) is 6.37. The van der Waals surface area contributed by atoms with Crippen LogP contribution in [0, 0.1) is 0 Å². The number of fused-ring (bicyclic) bond motifs is 1. The molecule has 1 saturated heterocycles. The van der Waals surface area contributed by atoms with Crippen LogP contribution in [0.1, 0.15) is 29.9 Å². The second kappa shape index (κ2) is 6.16. The minimum absolute atomic E-state index is 0.0281. The van der Waals surface area contributed by atoms with Crippen LogP contribution >= 0.6 is 0 Å². The third-order valence-electron chi connectivity index (χ3n) is 4.98. The topological polar surface area (TPSA) is 35.6 Å². The van der Waals surface area contributed by atoms with E-state index in [0.717, 1.165) is 39.0 Å². The van der Waals surface area contributed by atoms with Gasteiger partial charge in [0.1, 0.15) is 0 Å². The van der Waals surface area contributed by atoms with Gasteiger partial charge in [-0.2, -0.15) is 0 Å². The van der Waals surface area contributed by atoms with Gasteiger partial charge in [-0.15, -0.1) is 0 Å². The Hall–Kier alpha value is -1.39. The zero-order chi connectivity index (χ0) is 14.8. The van der Waals surface area contributed by atoms with Crippen LogP contribution in [0.5, 0.6) is 0 Å². The largest absolute Gasteiger partial charge is 0.342 e. The number of nitrogens with one attached hydrogen (secondary N) is 1. The van der Waals surface area contributed by atoms with Gasteiger partial charge in [0.25, 0.3) is 0 Å². The van der Waals surface area contributed by atoms with Crippen LogP contribution in [0.4, 0.5) is 0 Å². The van der Waals surface area contributed by atoms with Gasteiger partial charge in [-0.1, -0.05) is 24.3 Å². The Balaban J connectivity index is 1.73. The highest BCUT2D eigenvalue weighted by Gasteiger charge is 2.32. The molecule has 0 saturated carbocycles. The number of amides is 1. The van der Waals surface area contributed by atoms with Gasteiger partial charge in [0.15, 0.2) is 0 Å². The molecule has 1 amide bonds. The summed E-state index contributed by atoms with van der Waals surface area (Å²) in [5.74, 6) is 0.240. The molecule has 0 spiro atoms. The highest BCUT2D eigenvalue weighted by Crippen LogP contribution is 2.27. The van der Waals surface area contributed by atoms with Gasteiger partial charge >= 0.3 is 0 Å². The molecule has 1 N–H and O–H groups in total. The third-order valence-corrected chi connectivity index (χ3v) is 4.98. The van der Waals surface area contributed by atoms with Gasteiger partial charge in [0, 0.05) is 26.2 Å². The van der Waals surface area contributed by atoms with Crippen molar-refractivity contribution in [3.8, 4) is 0 Å². The Bertz CT molecular complexity index is 509. The molecule has 1 aromatic carbocycles. The van der Waals surface area contributed by atoms with Crippen LogP contribution in [0.25, 0.3) is 0 Å². The fourth-order valence-electron chi connectivity index (χ4n) is 3.52. The first-order chi connectivity index (χ1) is 10.2. The van der Waals surface area contributed by atoms with E-state index in [4.69, 9.17) is 0 Å². The lowest BCUT2D eigenvalue weighted by molar-refractivity contribution is -0.134. The number of hydrogen-bond donors (Lipinski definition) is 1. The van der Waals surface area contributed by atoms with Crippen molar-refractivity contribution in [1.82, 2.24) is 15.1 Å². The van der Waals surface area contributed by atoms with Crippen molar-refractivity contribution in [2.24, 2.45) is 0 Å². The lowest BCUT2D eigenvalue weighted by Gasteiger charge is -2.37. The molecule has 2 aliphatic heterocycles. The first-order valence-corrected chi connectivity index (χ1v) is 7.90. The summed E-state index contributed by atoms with van der Waals surface area (Å²) in [6, 6.07) is 8.72. The third kappa shape index (κ3) is 2.97. The SMILES string of the molecule is CN1CCC(N(C)C(=O)C2CNCc3ccccc32)CC1. The van der Waals surface area contributed by atoms with E-state index < -0.39 is 0 Å². The van der Waals surface area contributed by atoms with Crippen molar-refractivity contribution in [1.29, 1.82) is 0 Å². The van der Waals surface area contributed by atoms with E-state index in [0.29, 0.717) is 6.04 Å². The summed E-state index contributed by atoms with van der Waals surface area (Å²) >= 11 is 0. The summed E-state index contributed by atoms with van der Waals surface area (Å²) < 4.78 is 0. The van der Waals surface area contributed by atoms with E-state index in [1.807, 2.05) is 24.1 Å². The Morgan fingerprint density at radius 3 is 2.76 bits per heavy atom. The van der Waals surface area contributed by atoms with E-state index in [-0.39, 0.29) is 11.8 Å². The molecule has 1 unspecified atom stereocenters. The molecule has 0 aromatic heterocycles. The highest BCUT2D eigenvalue weighted by molar-refractivity contribution is 5.84. The molecular formula is C17H25N3O. The van der Waals surface area contributed by atoms with E-state index in [1.165, 1.54) is 11.1 Å². The van der Waals surface area contributed by atoms with Crippen molar-refractivity contribution in [2.75, 3.05) is 33.7 Å². The minimum atomic E-state index is -0.0281. The van der Waals surface area contributed by atoms with Crippen LogP contribution in [-0.2, 0) is 11.3 Å². The van der Waals surface area contributed by atoms with Gasteiger partial charge in [-0.3, -0.25) is 4.79 Å². The molecule has 2 heterocycles. The van der Waals surface area contributed by atoms with Crippen molar-refractivity contribution in [3.63, 3.8) is 0 Å². The molecule has 0 radical (unpaired) electrons.